The van der Waals surface area contributed by atoms with Crippen molar-refractivity contribution in [3.8, 4) is 28.7 Å². The number of halogens is 1. The number of hydrogen-bond acceptors (Lipinski definition) is 12. The summed E-state index contributed by atoms with van der Waals surface area (Å²) in [6, 6.07) is 15.8. The van der Waals surface area contributed by atoms with Gasteiger partial charge < -0.3 is 35.3 Å². The van der Waals surface area contributed by atoms with Crippen molar-refractivity contribution < 1.29 is 29.4 Å². The van der Waals surface area contributed by atoms with E-state index in [1.165, 1.54) is 43.6 Å². The fourth-order valence-electron chi connectivity index (χ4n) is 6.31. The molecular formula is C39H42ClN7O7. The van der Waals surface area contributed by atoms with Crippen LogP contribution in [0.3, 0.4) is 0 Å². The second-order valence-corrected chi connectivity index (χ2v) is 13.2. The van der Waals surface area contributed by atoms with Crippen LogP contribution in [-0.4, -0.2) is 76.0 Å². The van der Waals surface area contributed by atoms with Crippen LogP contribution < -0.4 is 20.1 Å². The summed E-state index contributed by atoms with van der Waals surface area (Å²) >= 11 is 6.63. The van der Waals surface area contributed by atoms with Gasteiger partial charge >= 0.3 is 5.97 Å². The minimum Gasteiger partial charge on any atom is -0.488 e. The van der Waals surface area contributed by atoms with Crippen LogP contribution in [-0.2, 0) is 24.6 Å². The lowest BCUT2D eigenvalue weighted by Gasteiger charge is -2.18. The molecule has 1 aliphatic heterocycles. The summed E-state index contributed by atoms with van der Waals surface area (Å²) in [5.41, 5.74) is 3.60. The third-order valence-electron chi connectivity index (χ3n) is 9.09. The Bertz CT molecular complexity index is 2000. The minimum absolute atomic E-state index is 0.00561. The number of benzene rings is 3. The first kappa shape index (κ1) is 39.6. The van der Waals surface area contributed by atoms with Crippen molar-refractivity contribution in [1.29, 1.82) is 10.7 Å². The normalized spacial score (nSPS) is 13.2. The van der Waals surface area contributed by atoms with Gasteiger partial charge in [0.25, 0.3) is 5.69 Å². The van der Waals surface area contributed by atoms with Gasteiger partial charge in [-0.2, -0.15) is 5.26 Å². The van der Waals surface area contributed by atoms with E-state index in [2.05, 4.69) is 20.5 Å². The smallest absolute Gasteiger partial charge is 0.323 e. The first-order valence-electron chi connectivity index (χ1n) is 17.6. The summed E-state index contributed by atoms with van der Waals surface area (Å²) in [6.07, 6.45) is 8.68. The van der Waals surface area contributed by atoms with Crippen LogP contribution in [0.15, 0.2) is 67.0 Å². The number of carbonyl (C=O) groups is 1. The first-order valence-corrected chi connectivity index (χ1v) is 18.0. The molecule has 5 N–H and O–H groups in total. The predicted octanol–water partition coefficient (Wildman–Crippen LogP) is 6.16. The molecule has 0 saturated carbocycles. The maximum Gasteiger partial charge on any atom is 0.323 e. The van der Waals surface area contributed by atoms with Gasteiger partial charge in [0.1, 0.15) is 36.8 Å². The van der Waals surface area contributed by atoms with E-state index < -0.39 is 23.5 Å². The maximum absolute atomic E-state index is 12.6. The van der Waals surface area contributed by atoms with Crippen molar-refractivity contribution in [2.75, 3.05) is 38.1 Å². The number of carboxylic acid groups (broad SMARTS) is 1. The van der Waals surface area contributed by atoms with Crippen LogP contribution >= 0.6 is 11.6 Å². The molecule has 0 bridgehead atoms. The summed E-state index contributed by atoms with van der Waals surface area (Å²) in [7, 11) is 0. The van der Waals surface area contributed by atoms with Crippen LogP contribution in [0.4, 0.5) is 11.4 Å². The van der Waals surface area contributed by atoms with Gasteiger partial charge in [0.15, 0.2) is 0 Å². The Morgan fingerprint density at radius 2 is 1.83 bits per heavy atom. The molecule has 1 atom stereocenters. The molecule has 5 rings (SSSR count). The molecule has 3 aromatic carbocycles. The Hall–Kier alpha value is -5.59. The zero-order chi connectivity index (χ0) is 38.5. The van der Waals surface area contributed by atoms with Crippen molar-refractivity contribution in [1.82, 2.24) is 15.2 Å². The lowest BCUT2D eigenvalue weighted by molar-refractivity contribution is -0.385. The van der Waals surface area contributed by atoms with Gasteiger partial charge in [-0.25, -0.2) is 0 Å². The van der Waals surface area contributed by atoms with E-state index >= 15 is 0 Å². The quantitative estimate of drug-likeness (QED) is 0.0298. The molecular weight excluding hydrogens is 714 g/mol. The molecule has 14 nitrogen and oxygen atoms in total. The van der Waals surface area contributed by atoms with Crippen molar-refractivity contribution in [2.45, 2.75) is 51.5 Å². The lowest BCUT2D eigenvalue weighted by Crippen LogP contribution is -2.39. The van der Waals surface area contributed by atoms with Gasteiger partial charge in [0, 0.05) is 60.1 Å². The largest absolute Gasteiger partial charge is 0.488 e. The molecule has 0 spiro atoms. The zero-order valence-corrected chi connectivity index (χ0v) is 30.3. The van der Waals surface area contributed by atoms with Crippen LogP contribution in [0.2, 0.25) is 5.02 Å². The average molecular weight is 756 g/mol. The Labute approximate surface area is 318 Å². The van der Waals surface area contributed by atoms with Crippen molar-refractivity contribution in [3.05, 3.63) is 110 Å². The number of hydrogen-bond donors (Lipinski definition) is 5. The molecule has 0 radical (unpaired) electrons. The van der Waals surface area contributed by atoms with E-state index in [0.29, 0.717) is 39.9 Å². The molecule has 1 unspecified atom stereocenters. The number of nitro groups is 1. The van der Waals surface area contributed by atoms with Crippen LogP contribution in [0.5, 0.6) is 11.5 Å². The SMILES string of the molecule is N#Cc1cncc(COc2cc(OCc3cccc(-c4cccc(NCCCCN5CCCC5)c4C=N)c3[N+](=O)[O-])c(Cl)cc2CNC(CO)C(=O)O)c1. The van der Waals surface area contributed by atoms with E-state index in [1.807, 2.05) is 18.2 Å². The van der Waals surface area contributed by atoms with E-state index in [0.717, 1.165) is 38.2 Å². The topological polar surface area (TPSA) is 207 Å². The second kappa shape index (κ2) is 19.5. The van der Waals surface area contributed by atoms with Gasteiger partial charge in [0.2, 0.25) is 0 Å². The summed E-state index contributed by atoms with van der Waals surface area (Å²) in [6.45, 7) is 3.15. The molecule has 1 aromatic heterocycles. The first-order chi connectivity index (χ1) is 26.2. The monoisotopic (exact) mass is 755 g/mol. The molecule has 54 heavy (non-hydrogen) atoms. The van der Waals surface area contributed by atoms with Gasteiger partial charge in [-0.3, -0.25) is 25.2 Å². The fourth-order valence-corrected chi connectivity index (χ4v) is 6.55. The number of aromatic nitrogens is 1. The molecule has 0 aliphatic carbocycles. The number of para-hydroxylation sites is 1. The lowest BCUT2D eigenvalue weighted by atomic mass is 9.95. The second-order valence-electron chi connectivity index (χ2n) is 12.8. The summed E-state index contributed by atoms with van der Waals surface area (Å²) in [4.78, 5) is 30.2. The Kier molecular flexibility index (Phi) is 14.3. The van der Waals surface area contributed by atoms with E-state index in [4.69, 9.17) is 26.5 Å². The average Bonchev–Trinajstić information content (AvgIpc) is 3.70. The highest BCUT2D eigenvalue weighted by atomic mass is 35.5. The summed E-state index contributed by atoms with van der Waals surface area (Å²) < 4.78 is 12.1. The molecule has 282 valence electrons. The number of aliphatic hydroxyl groups is 1. The van der Waals surface area contributed by atoms with Gasteiger partial charge in [0.05, 0.1) is 33.2 Å². The molecule has 1 fully saturated rings. The maximum atomic E-state index is 12.6. The van der Waals surface area contributed by atoms with Crippen LogP contribution in [0, 0.1) is 26.9 Å². The number of nitriles is 1. The van der Waals surface area contributed by atoms with Crippen molar-refractivity contribution >= 4 is 35.2 Å². The van der Waals surface area contributed by atoms with Crippen LogP contribution in [0.25, 0.3) is 11.1 Å². The van der Waals surface area contributed by atoms with Gasteiger partial charge in [-0.05, 0) is 81.2 Å². The highest BCUT2D eigenvalue weighted by Gasteiger charge is 2.24. The highest BCUT2D eigenvalue weighted by Crippen LogP contribution is 2.39. The van der Waals surface area contributed by atoms with Crippen molar-refractivity contribution in [3.63, 3.8) is 0 Å². The Morgan fingerprint density at radius 3 is 2.56 bits per heavy atom. The number of carboxylic acids is 1. The molecule has 15 heteroatoms. The van der Waals surface area contributed by atoms with Crippen LogP contribution in [0.1, 0.15) is 53.5 Å². The molecule has 1 aliphatic rings. The molecule has 2 heterocycles. The summed E-state index contributed by atoms with van der Waals surface area (Å²) in [5.74, 6) is -0.842. The molecule has 0 amide bonds. The number of rotatable bonds is 20. The number of unbranched alkanes of at least 4 members (excludes halogenated alkanes) is 1. The fraction of sp³-hybridized carbons (Fsp3) is 0.333. The Balaban J connectivity index is 1.37. The number of nitro benzene ring substituents is 1. The minimum atomic E-state index is -1.24. The number of aliphatic carboxylic acids is 1. The highest BCUT2D eigenvalue weighted by molar-refractivity contribution is 6.32. The third-order valence-corrected chi connectivity index (χ3v) is 9.39. The number of aliphatic hydroxyl groups excluding tert-OH is 1. The van der Waals surface area contributed by atoms with Crippen molar-refractivity contribution in [2.24, 2.45) is 0 Å². The van der Waals surface area contributed by atoms with E-state index in [-0.39, 0.29) is 47.5 Å². The standard InChI is InChI=1S/C39H42ClN7O7/c40-33-16-29(22-45-35(23-48)39(49)50)36(53-24-27-15-26(18-41)20-43-21-27)17-37(33)54-25-28-7-5-9-31(38(28)47(51)52)30-8-6-10-34(32(30)19-42)44-11-1-2-12-46-13-3-4-14-46/h5-10,15-17,19-21,35,42,44-45,48H,1-4,11-14,22-25H2,(H,49,50). The molecule has 4 aromatic rings. The number of likely N-dealkylation sites (tertiary alicyclic amines) is 1. The number of ether oxygens (including phenoxy) is 2. The number of pyridine rings is 1. The number of nitrogens with zero attached hydrogens (tertiary/aromatic N) is 4. The third kappa shape index (κ3) is 10.3. The van der Waals surface area contributed by atoms with Gasteiger partial charge in [-0.1, -0.05) is 29.8 Å². The predicted molar refractivity (Wildman–Crippen MR) is 204 cm³/mol. The summed E-state index contributed by atoms with van der Waals surface area (Å²) in [5, 5.41) is 55.3. The van der Waals surface area contributed by atoms with E-state index in [1.54, 1.807) is 30.3 Å². The van der Waals surface area contributed by atoms with E-state index in [9.17, 15) is 30.4 Å². The zero-order valence-electron chi connectivity index (χ0n) is 29.6. The van der Waals surface area contributed by atoms with Gasteiger partial charge in [-0.15, -0.1) is 0 Å². The number of anilines is 1. The number of nitrogens with one attached hydrogen (secondary N) is 3. The Morgan fingerprint density at radius 1 is 1.07 bits per heavy atom. The molecule has 1 saturated heterocycles.